The maximum absolute atomic E-state index is 14.8. The minimum Gasteiger partial charge on any atom is -0.338 e. The number of fused-ring (bicyclic) bond motifs is 1. The van der Waals surface area contributed by atoms with Gasteiger partial charge in [-0.15, -0.1) is 0 Å². The van der Waals surface area contributed by atoms with E-state index < -0.39 is 15.8 Å². The fourth-order valence-corrected chi connectivity index (χ4v) is 5.95. The first-order valence-corrected chi connectivity index (χ1v) is 12.7. The molecular weight excluding hydrogens is 441 g/mol. The first-order chi connectivity index (χ1) is 15.6. The Kier molecular flexibility index (Phi) is 5.29. The van der Waals surface area contributed by atoms with Crippen molar-refractivity contribution in [2.24, 2.45) is 0 Å². The molecule has 174 valence electrons. The quantitative estimate of drug-likeness (QED) is 0.508. The Hall–Kier alpha value is -2.78. The highest BCUT2D eigenvalue weighted by Crippen LogP contribution is 2.43. The van der Waals surface area contributed by atoms with Crippen LogP contribution in [0, 0.1) is 5.82 Å². The molecule has 2 aliphatic rings. The van der Waals surface area contributed by atoms with Crippen molar-refractivity contribution in [1.82, 2.24) is 19.9 Å². The van der Waals surface area contributed by atoms with Crippen molar-refractivity contribution in [2.45, 2.75) is 68.7 Å². The molecular formula is C24H28FN5O2S. The SMILES string of the molecule is CC(C)(C)c1ccc(C2CCC(c3cc(Nc4ccc5c(c4F)CNS5(=O)=O)[nH]n3)C2)nc1. The largest absolute Gasteiger partial charge is 0.338 e. The molecule has 3 heterocycles. The number of hydrogen-bond donors (Lipinski definition) is 3. The van der Waals surface area contributed by atoms with E-state index in [0.717, 1.165) is 30.7 Å². The molecule has 0 saturated heterocycles. The second-order valence-electron chi connectivity index (χ2n) is 9.99. The van der Waals surface area contributed by atoms with Gasteiger partial charge >= 0.3 is 0 Å². The molecule has 1 aromatic carbocycles. The molecule has 1 aliphatic heterocycles. The Morgan fingerprint density at radius 2 is 1.85 bits per heavy atom. The Morgan fingerprint density at radius 3 is 2.55 bits per heavy atom. The normalized spacial score (nSPS) is 21.8. The second-order valence-corrected chi connectivity index (χ2v) is 11.7. The van der Waals surface area contributed by atoms with E-state index in [-0.39, 0.29) is 28.1 Å². The summed E-state index contributed by atoms with van der Waals surface area (Å²) in [7, 11) is -3.61. The van der Waals surface area contributed by atoms with E-state index in [2.05, 4.69) is 53.1 Å². The maximum atomic E-state index is 14.8. The number of aromatic nitrogens is 3. The van der Waals surface area contributed by atoms with E-state index in [1.54, 1.807) is 0 Å². The highest BCUT2D eigenvalue weighted by atomic mass is 32.2. The molecule has 1 aliphatic carbocycles. The summed E-state index contributed by atoms with van der Waals surface area (Å²) in [4.78, 5) is 4.73. The number of nitrogens with zero attached hydrogens (tertiary/aromatic N) is 2. The molecule has 0 amide bonds. The average molecular weight is 470 g/mol. The summed E-state index contributed by atoms with van der Waals surface area (Å²) < 4.78 is 41.0. The van der Waals surface area contributed by atoms with Crippen molar-refractivity contribution in [2.75, 3.05) is 5.32 Å². The topological polar surface area (TPSA) is 99.8 Å². The number of benzene rings is 1. The van der Waals surface area contributed by atoms with Crippen molar-refractivity contribution in [3.63, 3.8) is 0 Å². The Labute approximate surface area is 193 Å². The zero-order valence-electron chi connectivity index (χ0n) is 18.9. The standard InChI is InChI=1S/C24H28FN5O2S/c1-24(2,3)16-6-7-18(26-12-16)14-4-5-15(10-14)20-11-22(30-29-20)28-19-8-9-21-17(23(19)25)13-27-33(21,31)32/h6-9,11-12,14-15,27H,4-5,10,13H2,1-3H3,(H2,28,29,30). The lowest BCUT2D eigenvalue weighted by Gasteiger charge is -2.19. The molecule has 3 N–H and O–H groups in total. The van der Waals surface area contributed by atoms with Crippen LogP contribution in [-0.2, 0) is 22.0 Å². The smallest absolute Gasteiger partial charge is 0.241 e. The molecule has 5 rings (SSSR count). The lowest BCUT2D eigenvalue weighted by Crippen LogP contribution is -2.13. The number of H-pyrrole nitrogens is 1. The van der Waals surface area contributed by atoms with E-state index in [0.29, 0.717) is 17.7 Å². The summed E-state index contributed by atoms with van der Waals surface area (Å²) in [6, 6.07) is 9.10. The van der Waals surface area contributed by atoms with E-state index in [1.165, 1.54) is 17.7 Å². The van der Waals surface area contributed by atoms with Crippen LogP contribution in [0.3, 0.4) is 0 Å². The van der Waals surface area contributed by atoms with Crippen LogP contribution in [0.5, 0.6) is 0 Å². The van der Waals surface area contributed by atoms with Crippen LogP contribution < -0.4 is 10.0 Å². The number of pyridine rings is 1. The zero-order valence-corrected chi connectivity index (χ0v) is 19.8. The molecule has 7 nitrogen and oxygen atoms in total. The molecule has 1 fully saturated rings. The third-order valence-corrected chi connectivity index (χ3v) is 8.20. The Balaban J connectivity index is 1.27. The number of rotatable bonds is 4. The van der Waals surface area contributed by atoms with Crippen LogP contribution in [0.2, 0.25) is 0 Å². The van der Waals surface area contributed by atoms with Crippen molar-refractivity contribution in [3.8, 4) is 0 Å². The Bertz CT molecular complexity index is 1300. The third kappa shape index (κ3) is 4.15. The van der Waals surface area contributed by atoms with Crippen molar-refractivity contribution < 1.29 is 12.8 Å². The van der Waals surface area contributed by atoms with Crippen LogP contribution in [0.1, 0.15) is 74.4 Å². The fourth-order valence-electron chi connectivity index (χ4n) is 4.73. The number of aromatic amines is 1. The lowest BCUT2D eigenvalue weighted by atomic mass is 9.87. The van der Waals surface area contributed by atoms with Gasteiger partial charge in [-0.3, -0.25) is 10.1 Å². The van der Waals surface area contributed by atoms with Gasteiger partial charge in [0.1, 0.15) is 5.82 Å². The molecule has 2 unspecified atom stereocenters. The molecule has 9 heteroatoms. The van der Waals surface area contributed by atoms with Gasteiger partial charge in [0.2, 0.25) is 10.0 Å². The Morgan fingerprint density at radius 1 is 1.09 bits per heavy atom. The average Bonchev–Trinajstić information content (AvgIpc) is 3.49. The molecule has 3 aromatic rings. The zero-order chi connectivity index (χ0) is 23.4. The van der Waals surface area contributed by atoms with Crippen molar-refractivity contribution in [1.29, 1.82) is 0 Å². The summed E-state index contributed by atoms with van der Waals surface area (Å²) in [5.74, 6) is 0.725. The predicted octanol–water partition coefficient (Wildman–Crippen LogP) is 4.83. The molecule has 33 heavy (non-hydrogen) atoms. The molecule has 1 saturated carbocycles. The van der Waals surface area contributed by atoms with Crippen LogP contribution >= 0.6 is 0 Å². The van der Waals surface area contributed by atoms with Crippen LogP contribution in [0.15, 0.2) is 41.4 Å². The van der Waals surface area contributed by atoms with Gasteiger partial charge in [0.25, 0.3) is 0 Å². The van der Waals surface area contributed by atoms with Gasteiger partial charge in [-0.2, -0.15) is 5.10 Å². The number of sulfonamides is 1. The van der Waals surface area contributed by atoms with Gasteiger partial charge < -0.3 is 5.32 Å². The number of anilines is 2. The third-order valence-electron chi connectivity index (χ3n) is 6.72. The molecule has 2 aromatic heterocycles. The van der Waals surface area contributed by atoms with Crippen LogP contribution in [0.25, 0.3) is 0 Å². The maximum Gasteiger partial charge on any atom is 0.241 e. The summed E-state index contributed by atoms with van der Waals surface area (Å²) >= 11 is 0. The highest BCUT2D eigenvalue weighted by Gasteiger charge is 2.31. The molecule has 0 spiro atoms. The second kappa shape index (κ2) is 7.92. The van der Waals surface area contributed by atoms with E-state index in [9.17, 15) is 12.8 Å². The minimum absolute atomic E-state index is 0.00279. The van der Waals surface area contributed by atoms with E-state index >= 15 is 0 Å². The van der Waals surface area contributed by atoms with Gasteiger partial charge in [0.15, 0.2) is 5.82 Å². The van der Waals surface area contributed by atoms with Crippen LogP contribution in [0.4, 0.5) is 15.9 Å². The molecule has 0 radical (unpaired) electrons. The van der Waals surface area contributed by atoms with Gasteiger partial charge in [0, 0.05) is 41.9 Å². The number of hydrogen-bond acceptors (Lipinski definition) is 5. The molecule has 2 atom stereocenters. The van der Waals surface area contributed by atoms with Gasteiger partial charge in [0.05, 0.1) is 16.3 Å². The summed E-state index contributed by atoms with van der Waals surface area (Å²) in [6.45, 7) is 6.52. The highest BCUT2D eigenvalue weighted by molar-refractivity contribution is 7.89. The van der Waals surface area contributed by atoms with Crippen LogP contribution in [-0.4, -0.2) is 23.6 Å². The van der Waals surface area contributed by atoms with Gasteiger partial charge in [-0.1, -0.05) is 26.8 Å². The van der Waals surface area contributed by atoms with E-state index in [4.69, 9.17) is 4.98 Å². The fraction of sp³-hybridized carbons (Fsp3) is 0.417. The van der Waals surface area contributed by atoms with Gasteiger partial charge in [-0.25, -0.2) is 17.5 Å². The first-order valence-electron chi connectivity index (χ1n) is 11.2. The first kappa shape index (κ1) is 22.0. The van der Waals surface area contributed by atoms with E-state index in [1.807, 2.05) is 12.3 Å². The minimum atomic E-state index is -3.61. The predicted molar refractivity (Wildman–Crippen MR) is 125 cm³/mol. The monoisotopic (exact) mass is 469 g/mol. The summed E-state index contributed by atoms with van der Waals surface area (Å²) in [6.07, 6.45) is 5.05. The van der Waals surface area contributed by atoms with Crippen molar-refractivity contribution >= 4 is 21.5 Å². The number of nitrogens with one attached hydrogen (secondary N) is 3. The summed E-state index contributed by atoms with van der Waals surface area (Å²) in [5.41, 5.74) is 3.76. The number of halogens is 1. The summed E-state index contributed by atoms with van der Waals surface area (Å²) in [5, 5.41) is 10.4. The van der Waals surface area contributed by atoms with Crippen molar-refractivity contribution in [3.05, 3.63) is 64.9 Å². The lowest BCUT2D eigenvalue weighted by molar-refractivity contribution is 0.583. The van der Waals surface area contributed by atoms with Gasteiger partial charge in [-0.05, 0) is 48.4 Å². The molecule has 0 bridgehead atoms.